The van der Waals surface area contributed by atoms with Gasteiger partial charge in [-0.1, -0.05) is 0 Å². The second-order valence-electron chi connectivity index (χ2n) is 4.40. The van der Waals surface area contributed by atoms with Gasteiger partial charge in [-0.05, 0) is 33.6 Å². The number of amides is 1. The summed E-state index contributed by atoms with van der Waals surface area (Å²) in [7, 11) is 0. The molecule has 1 aromatic carbocycles. The summed E-state index contributed by atoms with van der Waals surface area (Å²) in [6.07, 6.45) is 4.19. The summed E-state index contributed by atoms with van der Waals surface area (Å²) < 4.78 is 14.6. The van der Waals surface area contributed by atoms with Crippen molar-refractivity contribution in [2.75, 3.05) is 17.2 Å². The van der Waals surface area contributed by atoms with E-state index in [1.165, 1.54) is 18.3 Å². The minimum Gasteiger partial charge on any atom is -0.374 e. The van der Waals surface area contributed by atoms with Crippen LogP contribution in [0, 0.1) is 17.1 Å². The monoisotopic (exact) mass is 346 g/mol. The van der Waals surface area contributed by atoms with Gasteiger partial charge in [0.1, 0.15) is 5.52 Å². The Morgan fingerprint density at radius 2 is 2.33 bits per heavy atom. The number of nitrogens with zero attached hydrogens (tertiary/aromatic N) is 2. The molecule has 0 radical (unpaired) electrons. The fourth-order valence-corrected chi connectivity index (χ4v) is 2.62. The Labute approximate surface area is 127 Å². The topological polar surface area (TPSA) is 77.8 Å². The van der Waals surface area contributed by atoms with Crippen LogP contribution in [-0.2, 0) is 4.79 Å². The first kappa shape index (κ1) is 13.5. The standard InChI is InChI=1S/C14H8BrFN4O/c15-11-7(2-1-3-17)4-8-13-9(20-10(21)6-19-13)5-18-14(8)12(11)16/h1-2,4-5,19H,6H2,(H,20,21)/b2-1-. The fraction of sp³-hybridized carbons (Fsp3) is 0.0714. The molecule has 104 valence electrons. The number of carbonyl (C=O) groups is 1. The largest absolute Gasteiger partial charge is 0.374 e. The Bertz CT molecular complexity index is 841. The van der Waals surface area contributed by atoms with Gasteiger partial charge in [0.2, 0.25) is 5.91 Å². The van der Waals surface area contributed by atoms with Crippen LogP contribution >= 0.6 is 15.9 Å². The molecule has 0 fully saturated rings. The highest BCUT2D eigenvalue weighted by atomic mass is 79.9. The van der Waals surface area contributed by atoms with Crippen molar-refractivity contribution < 1.29 is 9.18 Å². The molecule has 0 saturated carbocycles. The van der Waals surface area contributed by atoms with Crippen molar-refractivity contribution in [3.63, 3.8) is 0 Å². The maximum atomic E-state index is 14.4. The summed E-state index contributed by atoms with van der Waals surface area (Å²) in [5.41, 5.74) is 1.85. The summed E-state index contributed by atoms with van der Waals surface area (Å²) in [6.45, 7) is 0.118. The lowest BCUT2D eigenvalue weighted by molar-refractivity contribution is -0.114. The minimum absolute atomic E-state index is 0.118. The van der Waals surface area contributed by atoms with Gasteiger partial charge in [-0.25, -0.2) is 4.39 Å². The third-order valence-corrected chi connectivity index (χ3v) is 3.91. The molecule has 0 spiro atoms. The van der Waals surface area contributed by atoms with E-state index in [0.717, 1.165) is 0 Å². The number of hydrogen-bond acceptors (Lipinski definition) is 4. The molecule has 0 bridgehead atoms. The van der Waals surface area contributed by atoms with Gasteiger partial charge in [0.15, 0.2) is 5.82 Å². The predicted octanol–water partition coefficient (Wildman–Crippen LogP) is 3.04. The van der Waals surface area contributed by atoms with E-state index in [4.69, 9.17) is 5.26 Å². The zero-order valence-electron chi connectivity index (χ0n) is 10.6. The fourth-order valence-electron chi connectivity index (χ4n) is 2.19. The van der Waals surface area contributed by atoms with Gasteiger partial charge in [-0.3, -0.25) is 9.78 Å². The molecule has 5 nitrogen and oxygen atoms in total. The van der Waals surface area contributed by atoms with Crippen LogP contribution in [0.1, 0.15) is 5.56 Å². The molecule has 21 heavy (non-hydrogen) atoms. The normalized spacial score (nSPS) is 13.7. The van der Waals surface area contributed by atoms with Crippen molar-refractivity contribution >= 4 is 50.2 Å². The Hall–Kier alpha value is -2.46. The van der Waals surface area contributed by atoms with E-state index < -0.39 is 5.82 Å². The van der Waals surface area contributed by atoms with Crippen molar-refractivity contribution in [2.45, 2.75) is 0 Å². The highest BCUT2D eigenvalue weighted by molar-refractivity contribution is 9.10. The van der Waals surface area contributed by atoms with E-state index in [9.17, 15) is 9.18 Å². The summed E-state index contributed by atoms with van der Waals surface area (Å²) in [5, 5.41) is 14.8. The number of rotatable bonds is 1. The van der Waals surface area contributed by atoms with Gasteiger partial charge in [0.25, 0.3) is 0 Å². The van der Waals surface area contributed by atoms with Gasteiger partial charge >= 0.3 is 0 Å². The van der Waals surface area contributed by atoms with Crippen LogP contribution in [0.5, 0.6) is 0 Å². The van der Waals surface area contributed by atoms with Gasteiger partial charge < -0.3 is 10.6 Å². The minimum atomic E-state index is -0.508. The van der Waals surface area contributed by atoms with Crippen LogP contribution in [0.3, 0.4) is 0 Å². The van der Waals surface area contributed by atoms with E-state index in [2.05, 4.69) is 31.5 Å². The second kappa shape index (κ2) is 5.14. The molecule has 0 atom stereocenters. The van der Waals surface area contributed by atoms with Gasteiger partial charge in [-0.2, -0.15) is 5.26 Å². The molecule has 0 unspecified atom stereocenters. The van der Waals surface area contributed by atoms with Crippen molar-refractivity contribution in [1.29, 1.82) is 5.26 Å². The molecular weight excluding hydrogens is 339 g/mol. The number of allylic oxidation sites excluding steroid dienone is 1. The second-order valence-corrected chi connectivity index (χ2v) is 5.19. The van der Waals surface area contributed by atoms with Gasteiger partial charge in [0.05, 0.1) is 34.7 Å². The van der Waals surface area contributed by atoms with Crippen LogP contribution < -0.4 is 10.6 Å². The molecular formula is C14H8BrFN4O. The number of nitrogens with one attached hydrogen (secondary N) is 2. The summed E-state index contributed by atoms with van der Waals surface area (Å²) >= 11 is 3.17. The van der Waals surface area contributed by atoms with Crippen molar-refractivity contribution in [3.05, 3.63) is 34.2 Å². The maximum Gasteiger partial charge on any atom is 0.243 e. The van der Waals surface area contributed by atoms with Crippen molar-refractivity contribution in [1.82, 2.24) is 4.98 Å². The van der Waals surface area contributed by atoms with E-state index in [1.807, 2.05) is 6.07 Å². The summed E-state index contributed by atoms with van der Waals surface area (Å²) in [5.74, 6) is -0.683. The molecule has 0 aliphatic carbocycles. The number of pyridine rings is 1. The summed E-state index contributed by atoms with van der Waals surface area (Å²) in [6, 6.07) is 3.58. The smallest absolute Gasteiger partial charge is 0.243 e. The molecule has 1 aliphatic rings. The lowest BCUT2D eigenvalue weighted by Crippen LogP contribution is -2.27. The predicted molar refractivity (Wildman–Crippen MR) is 81.2 cm³/mol. The quantitative estimate of drug-likeness (QED) is 0.778. The lowest BCUT2D eigenvalue weighted by atomic mass is 10.1. The number of halogens is 2. The Morgan fingerprint density at radius 1 is 1.52 bits per heavy atom. The van der Waals surface area contributed by atoms with Gasteiger partial charge in [-0.15, -0.1) is 0 Å². The molecule has 1 aliphatic heterocycles. The van der Waals surface area contributed by atoms with E-state index in [1.54, 1.807) is 6.07 Å². The van der Waals surface area contributed by atoms with Crippen LogP contribution in [0.4, 0.5) is 15.8 Å². The molecule has 2 N–H and O–H groups in total. The van der Waals surface area contributed by atoms with Crippen molar-refractivity contribution in [2.24, 2.45) is 0 Å². The molecule has 1 amide bonds. The zero-order chi connectivity index (χ0) is 15.0. The summed E-state index contributed by atoms with van der Waals surface area (Å²) in [4.78, 5) is 15.4. The average molecular weight is 347 g/mol. The molecule has 1 aromatic heterocycles. The van der Waals surface area contributed by atoms with Crippen LogP contribution in [0.15, 0.2) is 22.8 Å². The number of hydrogen-bond donors (Lipinski definition) is 2. The Balaban J connectivity index is 2.30. The number of fused-ring (bicyclic) bond motifs is 3. The van der Waals surface area contributed by atoms with Crippen LogP contribution in [0.2, 0.25) is 0 Å². The lowest BCUT2D eigenvalue weighted by Gasteiger charge is -2.20. The molecule has 2 aromatic rings. The molecule has 7 heteroatoms. The number of benzene rings is 1. The SMILES string of the molecule is N#C/C=C\c1cc2c3c(cnc2c(F)c1Br)NC(=O)CN3. The number of carbonyl (C=O) groups excluding carboxylic acids is 1. The maximum absolute atomic E-state index is 14.4. The average Bonchev–Trinajstić information content (AvgIpc) is 2.48. The molecule has 2 heterocycles. The van der Waals surface area contributed by atoms with E-state index in [-0.39, 0.29) is 22.4 Å². The number of anilines is 2. The van der Waals surface area contributed by atoms with E-state index in [0.29, 0.717) is 22.3 Å². The Morgan fingerprint density at radius 3 is 3.10 bits per heavy atom. The van der Waals surface area contributed by atoms with Crippen LogP contribution in [-0.4, -0.2) is 17.4 Å². The Kier molecular flexibility index (Phi) is 3.31. The first-order valence-electron chi connectivity index (χ1n) is 6.02. The highest BCUT2D eigenvalue weighted by Crippen LogP contribution is 2.37. The van der Waals surface area contributed by atoms with Crippen LogP contribution in [0.25, 0.3) is 17.0 Å². The zero-order valence-corrected chi connectivity index (χ0v) is 12.2. The first-order valence-corrected chi connectivity index (χ1v) is 6.81. The van der Waals surface area contributed by atoms with Crippen molar-refractivity contribution in [3.8, 4) is 6.07 Å². The molecule has 3 rings (SSSR count). The highest BCUT2D eigenvalue weighted by Gasteiger charge is 2.20. The third-order valence-electron chi connectivity index (χ3n) is 3.11. The number of aromatic nitrogens is 1. The third kappa shape index (κ3) is 2.23. The molecule has 0 saturated heterocycles. The van der Waals surface area contributed by atoms with Gasteiger partial charge in [0, 0.05) is 11.5 Å². The van der Waals surface area contributed by atoms with E-state index >= 15 is 0 Å². The first-order chi connectivity index (χ1) is 10.1. The number of nitriles is 1.